The number of anilines is 1. The number of hydrogen-bond donors (Lipinski definition) is 3. The van der Waals surface area contributed by atoms with Crippen LogP contribution < -0.4 is 5.32 Å². The number of aromatic nitrogens is 5. The molecule has 0 spiro atoms. The van der Waals surface area contributed by atoms with Crippen molar-refractivity contribution in [3.05, 3.63) is 66.8 Å². The summed E-state index contributed by atoms with van der Waals surface area (Å²) in [6.07, 6.45) is 9.55. The van der Waals surface area contributed by atoms with Gasteiger partial charge in [-0.2, -0.15) is 5.10 Å². The van der Waals surface area contributed by atoms with Crippen LogP contribution in [0, 0.1) is 6.92 Å². The van der Waals surface area contributed by atoms with Crippen molar-refractivity contribution >= 4 is 22.4 Å². The van der Waals surface area contributed by atoms with Gasteiger partial charge in [0.2, 0.25) is 0 Å². The van der Waals surface area contributed by atoms with Gasteiger partial charge in [-0.25, -0.2) is 4.98 Å². The molecule has 3 N–H and O–H groups in total. The number of aromatic amines is 2. The number of fused-ring (bicyclic) bond motifs is 1. The maximum absolute atomic E-state index is 4.63. The van der Waals surface area contributed by atoms with Gasteiger partial charge in [0.1, 0.15) is 0 Å². The number of piperazine rings is 1. The van der Waals surface area contributed by atoms with E-state index < -0.39 is 0 Å². The molecule has 0 aliphatic carbocycles. The molecule has 1 saturated heterocycles. The van der Waals surface area contributed by atoms with Gasteiger partial charge in [0.25, 0.3) is 0 Å². The van der Waals surface area contributed by atoms with Crippen LogP contribution in [0.1, 0.15) is 39.0 Å². The Kier molecular flexibility index (Phi) is 8.63. The molecule has 0 amide bonds. The summed E-state index contributed by atoms with van der Waals surface area (Å²) in [6.45, 7) is 18.4. The molecule has 8 nitrogen and oxygen atoms in total. The maximum atomic E-state index is 4.63. The zero-order valence-corrected chi connectivity index (χ0v) is 23.5. The molecule has 0 radical (unpaired) electrons. The maximum Gasteiger partial charge on any atom is 0.181 e. The molecule has 4 aromatic heterocycles. The Labute approximate surface area is 225 Å². The van der Waals surface area contributed by atoms with Gasteiger partial charge in [0, 0.05) is 84.3 Å². The van der Waals surface area contributed by atoms with E-state index in [1.54, 1.807) is 0 Å². The molecular weight excluding hydrogens is 472 g/mol. The van der Waals surface area contributed by atoms with E-state index in [0.717, 1.165) is 65.5 Å². The van der Waals surface area contributed by atoms with Crippen LogP contribution in [-0.2, 0) is 0 Å². The van der Waals surface area contributed by atoms with Crippen LogP contribution in [-0.4, -0.2) is 74.2 Å². The summed E-state index contributed by atoms with van der Waals surface area (Å²) in [4.78, 5) is 17.4. The zero-order valence-electron chi connectivity index (χ0n) is 23.5. The summed E-state index contributed by atoms with van der Waals surface area (Å²) in [5.74, 6) is 0. The zero-order chi connectivity index (χ0) is 27.2. The molecule has 38 heavy (non-hydrogen) atoms. The number of pyridine rings is 2. The van der Waals surface area contributed by atoms with Gasteiger partial charge in [0.05, 0.1) is 17.1 Å². The first-order valence-electron chi connectivity index (χ1n) is 13.5. The van der Waals surface area contributed by atoms with Crippen molar-refractivity contribution < 1.29 is 0 Å². The van der Waals surface area contributed by atoms with Crippen molar-refractivity contribution in [3.63, 3.8) is 0 Å². The van der Waals surface area contributed by atoms with E-state index in [4.69, 9.17) is 0 Å². The highest BCUT2D eigenvalue weighted by Gasteiger charge is 2.21. The Morgan fingerprint density at radius 1 is 1.05 bits per heavy atom. The fourth-order valence-electron chi connectivity index (χ4n) is 4.76. The molecule has 200 valence electrons. The minimum Gasteiger partial charge on any atom is -0.382 e. The number of H-pyrrole nitrogens is 2. The molecule has 4 aromatic rings. The molecule has 0 bridgehead atoms. The highest BCUT2D eigenvalue weighted by atomic mass is 15.3. The van der Waals surface area contributed by atoms with Crippen molar-refractivity contribution in [3.8, 4) is 22.5 Å². The fraction of sp³-hybridized carbons (Fsp3) is 0.367. The average molecular weight is 513 g/mol. The Morgan fingerprint density at radius 2 is 1.79 bits per heavy atom. The van der Waals surface area contributed by atoms with Crippen LogP contribution in [0.2, 0.25) is 0 Å². The summed E-state index contributed by atoms with van der Waals surface area (Å²) in [5.41, 5.74) is 9.09. The van der Waals surface area contributed by atoms with E-state index >= 15 is 0 Å². The number of allylic oxidation sites excluding steroid dienone is 2. The van der Waals surface area contributed by atoms with Crippen LogP contribution in [0.15, 0.2) is 55.5 Å². The number of hydrogen-bond acceptors (Lipinski definition) is 6. The fourth-order valence-corrected chi connectivity index (χ4v) is 4.76. The standard InChI is InChI=1S/C28H34N8.C2H6/c1-6-7-26(36-10-8-35(5)9-11-36)23-14-25(32-19(23)4)27-24-13-21(16-30-28(24)34-33-27)20-12-22(17-29-15-20)31-18(2)3;1-2/h6-7,12-18,31-32H,1,8-11H2,2-5H3,(H,30,33,34);1-2H3/b26-7+;. The van der Waals surface area contributed by atoms with E-state index in [1.807, 2.05) is 38.5 Å². The van der Waals surface area contributed by atoms with E-state index in [2.05, 4.69) is 98.9 Å². The SMILES string of the molecule is C=C/C=C(\c1cc(-c2[nH]nc3ncc(-c4cncc(NC(C)C)c4)cc23)[nH]c1C)N1CCN(C)CC1.CC. The van der Waals surface area contributed by atoms with E-state index in [1.165, 1.54) is 11.3 Å². The number of nitrogens with one attached hydrogen (secondary N) is 3. The highest BCUT2D eigenvalue weighted by molar-refractivity contribution is 5.93. The smallest absolute Gasteiger partial charge is 0.181 e. The molecule has 5 rings (SSSR count). The lowest BCUT2D eigenvalue weighted by Gasteiger charge is -2.35. The monoisotopic (exact) mass is 512 g/mol. The van der Waals surface area contributed by atoms with Crippen molar-refractivity contribution in [1.29, 1.82) is 0 Å². The van der Waals surface area contributed by atoms with Crippen molar-refractivity contribution in [2.45, 2.75) is 40.7 Å². The Balaban J connectivity index is 0.00000164. The quantitative estimate of drug-likeness (QED) is 0.265. The van der Waals surface area contributed by atoms with Gasteiger partial charge in [-0.1, -0.05) is 26.5 Å². The Hall–Kier alpha value is -3.91. The first-order chi connectivity index (χ1) is 18.4. The van der Waals surface area contributed by atoms with Crippen LogP contribution in [0.25, 0.3) is 39.2 Å². The molecule has 0 atom stereocenters. The van der Waals surface area contributed by atoms with Crippen LogP contribution in [0.3, 0.4) is 0 Å². The van der Waals surface area contributed by atoms with Crippen molar-refractivity contribution in [2.75, 3.05) is 38.5 Å². The third kappa shape index (κ3) is 5.81. The van der Waals surface area contributed by atoms with E-state index in [9.17, 15) is 0 Å². The Morgan fingerprint density at radius 3 is 2.50 bits per heavy atom. The van der Waals surface area contributed by atoms with Gasteiger partial charge in [-0.05, 0) is 52.1 Å². The third-order valence-electron chi connectivity index (χ3n) is 6.62. The Bertz CT molecular complexity index is 1400. The second-order valence-corrected chi connectivity index (χ2v) is 9.75. The van der Waals surface area contributed by atoms with Crippen LogP contribution in [0.4, 0.5) is 5.69 Å². The molecule has 5 heterocycles. The van der Waals surface area contributed by atoms with E-state index in [-0.39, 0.29) is 0 Å². The summed E-state index contributed by atoms with van der Waals surface area (Å²) in [6, 6.07) is 6.78. The lowest BCUT2D eigenvalue weighted by molar-refractivity contribution is 0.207. The van der Waals surface area contributed by atoms with Gasteiger partial charge in [-0.3, -0.25) is 10.1 Å². The van der Waals surface area contributed by atoms with Gasteiger partial charge in [-0.15, -0.1) is 0 Å². The minimum absolute atomic E-state index is 0.333. The summed E-state index contributed by atoms with van der Waals surface area (Å²) >= 11 is 0. The first kappa shape index (κ1) is 27.1. The van der Waals surface area contributed by atoms with Crippen molar-refractivity contribution in [2.24, 2.45) is 0 Å². The van der Waals surface area contributed by atoms with Gasteiger partial charge < -0.3 is 20.1 Å². The first-order valence-corrected chi connectivity index (χ1v) is 13.5. The third-order valence-corrected chi connectivity index (χ3v) is 6.62. The largest absolute Gasteiger partial charge is 0.382 e. The normalized spacial score (nSPS) is 14.5. The molecule has 0 unspecified atom stereocenters. The number of aryl methyl sites for hydroxylation is 1. The lowest BCUT2D eigenvalue weighted by atomic mass is 10.1. The molecule has 0 aromatic carbocycles. The molecule has 8 heteroatoms. The summed E-state index contributed by atoms with van der Waals surface area (Å²) in [7, 11) is 2.17. The van der Waals surface area contributed by atoms with Crippen LogP contribution in [0.5, 0.6) is 0 Å². The van der Waals surface area contributed by atoms with Crippen LogP contribution >= 0.6 is 0 Å². The van der Waals surface area contributed by atoms with Crippen molar-refractivity contribution in [1.82, 2.24) is 34.9 Å². The molecule has 0 saturated carbocycles. The van der Waals surface area contributed by atoms with E-state index in [0.29, 0.717) is 11.7 Å². The number of rotatable bonds is 7. The molecule has 1 fully saturated rings. The minimum atomic E-state index is 0.333. The number of likely N-dealkylation sites (N-methyl/N-ethyl adjacent to an activating group) is 1. The predicted molar refractivity (Wildman–Crippen MR) is 159 cm³/mol. The number of nitrogens with zero attached hydrogens (tertiary/aromatic N) is 5. The molecular formula is C30H40N8. The molecule has 1 aliphatic heterocycles. The molecule has 1 aliphatic rings. The second-order valence-electron chi connectivity index (χ2n) is 9.75. The topological polar surface area (TPSA) is 88.8 Å². The van der Waals surface area contributed by atoms with Gasteiger partial charge >= 0.3 is 0 Å². The highest BCUT2D eigenvalue weighted by Crippen LogP contribution is 2.33. The average Bonchev–Trinajstić information content (AvgIpc) is 3.51. The lowest BCUT2D eigenvalue weighted by Crippen LogP contribution is -2.43. The summed E-state index contributed by atoms with van der Waals surface area (Å²) in [5, 5.41) is 12.1. The predicted octanol–water partition coefficient (Wildman–Crippen LogP) is 5.94. The van der Waals surface area contributed by atoms with Gasteiger partial charge in [0.15, 0.2) is 5.65 Å². The second kappa shape index (κ2) is 12.1. The summed E-state index contributed by atoms with van der Waals surface area (Å²) < 4.78 is 0.